The predicted octanol–water partition coefficient (Wildman–Crippen LogP) is 0.502. The summed E-state index contributed by atoms with van der Waals surface area (Å²) in [7, 11) is -3.94. The molecule has 0 unspecified atom stereocenters. The van der Waals surface area contributed by atoms with Gasteiger partial charge in [0.1, 0.15) is 0 Å². The Labute approximate surface area is 112 Å². The summed E-state index contributed by atoms with van der Waals surface area (Å²) >= 11 is 0. The fourth-order valence-corrected chi connectivity index (χ4v) is 2.49. The first kappa shape index (κ1) is 14.9. The highest BCUT2D eigenvalue weighted by molar-refractivity contribution is 7.89. The maximum absolute atomic E-state index is 11.6. The third-order valence-corrected chi connectivity index (χ3v) is 3.52. The average molecular weight is 280 g/mol. The number of amidine groups is 1. The molecule has 0 aliphatic rings. The van der Waals surface area contributed by atoms with Gasteiger partial charge in [-0.05, 0) is 24.1 Å². The Balaban J connectivity index is 3.82. The van der Waals surface area contributed by atoms with Crippen LogP contribution in [0, 0.1) is 0 Å². The van der Waals surface area contributed by atoms with E-state index in [1.807, 2.05) is 0 Å². The van der Waals surface area contributed by atoms with E-state index in [1.165, 1.54) is 6.07 Å². The number of sulfonamides is 1. The van der Waals surface area contributed by atoms with Crippen LogP contribution in [0.2, 0.25) is 0 Å². The van der Waals surface area contributed by atoms with Crippen molar-refractivity contribution in [2.24, 2.45) is 21.8 Å². The normalized spacial score (nSPS) is 13.4. The number of hydrazone groups is 1. The van der Waals surface area contributed by atoms with E-state index in [0.717, 1.165) is 0 Å². The Bertz CT molecular complexity index is 660. The summed E-state index contributed by atoms with van der Waals surface area (Å²) in [5.41, 5.74) is 7.12. The molecular weight excluding hydrogens is 264 g/mol. The van der Waals surface area contributed by atoms with Gasteiger partial charge in [-0.1, -0.05) is 30.9 Å². The maximum Gasteiger partial charge on any atom is 0.238 e. The highest BCUT2D eigenvalue weighted by Gasteiger charge is 2.20. The topological polar surface area (TPSA) is 125 Å². The van der Waals surface area contributed by atoms with E-state index in [2.05, 4.69) is 11.7 Å². The SMILES string of the molecule is C=CC(=CC)c1cccc(S(N)(=O)=O)c1C(N)=NN. The van der Waals surface area contributed by atoms with Crippen LogP contribution in [-0.2, 0) is 10.0 Å². The summed E-state index contributed by atoms with van der Waals surface area (Å²) in [5, 5.41) is 8.54. The number of rotatable bonds is 4. The van der Waals surface area contributed by atoms with Crippen LogP contribution in [0.4, 0.5) is 0 Å². The van der Waals surface area contributed by atoms with Crippen LogP contribution in [0.15, 0.2) is 46.9 Å². The van der Waals surface area contributed by atoms with Gasteiger partial charge in [-0.2, -0.15) is 5.10 Å². The van der Waals surface area contributed by atoms with Crippen molar-refractivity contribution in [1.29, 1.82) is 0 Å². The lowest BCUT2D eigenvalue weighted by Crippen LogP contribution is -2.24. The van der Waals surface area contributed by atoms with Gasteiger partial charge in [0.05, 0.1) is 4.90 Å². The van der Waals surface area contributed by atoms with E-state index >= 15 is 0 Å². The van der Waals surface area contributed by atoms with Crippen molar-refractivity contribution in [2.75, 3.05) is 0 Å². The van der Waals surface area contributed by atoms with E-state index in [0.29, 0.717) is 11.1 Å². The largest absolute Gasteiger partial charge is 0.382 e. The van der Waals surface area contributed by atoms with Crippen LogP contribution in [0.25, 0.3) is 5.57 Å². The molecule has 0 saturated carbocycles. The minimum absolute atomic E-state index is 0.110. The lowest BCUT2D eigenvalue weighted by molar-refractivity contribution is 0.597. The minimum atomic E-state index is -3.94. The van der Waals surface area contributed by atoms with Gasteiger partial charge < -0.3 is 11.6 Å². The molecule has 7 heteroatoms. The van der Waals surface area contributed by atoms with Crippen LogP contribution in [0.3, 0.4) is 0 Å². The van der Waals surface area contributed by atoms with E-state index in [1.54, 1.807) is 31.2 Å². The molecule has 6 nitrogen and oxygen atoms in total. The smallest absolute Gasteiger partial charge is 0.238 e. The number of hydrogen-bond donors (Lipinski definition) is 3. The zero-order valence-electron chi connectivity index (χ0n) is 10.5. The fraction of sp³-hybridized carbons (Fsp3) is 0.0833. The lowest BCUT2D eigenvalue weighted by atomic mass is 9.99. The van der Waals surface area contributed by atoms with Gasteiger partial charge in [-0.3, -0.25) is 0 Å². The Morgan fingerprint density at radius 1 is 1.42 bits per heavy atom. The van der Waals surface area contributed by atoms with Crippen molar-refractivity contribution in [3.8, 4) is 0 Å². The molecule has 1 aromatic carbocycles. The third-order valence-electron chi connectivity index (χ3n) is 2.57. The quantitative estimate of drug-likeness (QED) is 0.244. The number of benzene rings is 1. The molecule has 0 aliphatic heterocycles. The molecule has 0 spiro atoms. The van der Waals surface area contributed by atoms with Crippen LogP contribution >= 0.6 is 0 Å². The molecule has 1 aromatic rings. The number of primary sulfonamides is 1. The van der Waals surface area contributed by atoms with E-state index < -0.39 is 10.0 Å². The number of hydrogen-bond acceptors (Lipinski definition) is 4. The molecule has 0 radical (unpaired) electrons. The van der Waals surface area contributed by atoms with Gasteiger partial charge in [0, 0.05) is 5.56 Å². The molecule has 0 atom stereocenters. The molecule has 0 bridgehead atoms. The number of allylic oxidation sites excluding steroid dienone is 3. The molecule has 0 saturated heterocycles. The van der Waals surface area contributed by atoms with Crippen molar-refractivity contribution in [3.05, 3.63) is 48.1 Å². The molecule has 102 valence electrons. The van der Waals surface area contributed by atoms with Crippen molar-refractivity contribution >= 4 is 21.4 Å². The summed E-state index contributed by atoms with van der Waals surface area (Å²) < 4.78 is 23.2. The Hall–Kier alpha value is -2.12. The molecule has 0 heterocycles. The van der Waals surface area contributed by atoms with Gasteiger partial charge >= 0.3 is 0 Å². The van der Waals surface area contributed by atoms with E-state index in [-0.39, 0.29) is 16.3 Å². The molecular formula is C12H16N4O2S. The summed E-state index contributed by atoms with van der Waals surface area (Å²) in [5.74, 6) is 5.04. The van der Waals surface area contributed by atoms with E-state index in [4.69, 9.17) is 16.7 Å². The Kier molecular flexibility index (Phi) is 4.47. The van der Waals surface area contributed by atoms with E-state index in [9.17, 15) is 8.42 Å². The van der Waals surface area contributed by atoms with Crippen LogP contribution in [-0.4, -0.2) is 14.3 Å². The molecule has 0 aromatic heterocycles. The third kappa shape index (κ3) is 3.01. The maximum atomic E-state index is 11.6. The summed E-state index contributed by atoms with van der Waals surface area (Å²) in [6.07, 6.45) is 3.35. The molecule has 19 heavy (non-hydrogen) atoms. The van der Waals surface area contributed by atoms with Crippen molar-refractivity contribution in [1.82, 2.24) is 0 Å². The molecule has 1 rings (SSSR count). The van der Waals surface area contributed by atoms with Gasteiger partial charge in [0.25, 0.3) is 0 Å². The van der Waals surface area contributed by atoms with Gasteiger partial charge in [-0.25, -0.2) is 13.6 Å². The summed E-state index contributed by atoms with van der Waals surface area (Å²) in [6.45, 7) is 5.46. The number of nitrogens with zero attached hydrogens (tertiary/aromatic N) is 1. The molecule has 6 N–H and O–H groups in total. The predicted molar refractivity (Wildman–Crippen MR) is 76.6 cm³/mol. The summed E-state index contributed by atoms with van der Waals surface area (Å²) in [6, 6.07) is 4.61. The van der Waals surface area contributed by atoms with Crippen molar-refractivity contribution < 1.29 is 8.42 Å². The second kappa shape index (κ2) is 5.68. The van der Waals surface area contributed by atoms with Gasteiger partial charge in [-0.15, -0.1) is 0 Å². The van der Waals surface area contributed by atoms with Crippen LogP contribution in [0.1, 0.15) is 18.1 Å². The molecule has 0 fully saturated rings. The minimum Gasteiger partial charge on any atom is -0.382 e. The average Bonchev–Trinajstić information content (AvgIpc) is 2.38. The van der Waals surface area contributed by atoms with Gasteiger partial charge in [0.2, 0.25) is 10.0 Å². The first-order valence-corrected chi connectivity index (χ1v) is 6.90. The Morgan fingerprint density at radius 2 is 2.05 bits per heavy atom. The monoisotopic (exact) mass is 280 g/mol. The van der Waals surface area contributed by atoms with Crippen LogP contribution < -0.4 is 16.7 Å². The summed E-state index contributed by atoms with van der Waals surface area (Å²) in [4.78, 5) is -0.127. The number of nitrogens with two attached hydrogens (primary N) is 3. The van der Waals surface area contributed by atoms with Crippen LogP contribution in [0.5, 0.6) is 0 Å². The second-order valence-corrected chi connectivity index (χ2v) is 5.22. The lowest BCUT2D eigenvalue weighted by Gasteiger charge is -2.13. The van der Waals surface area contributed by atoms with Crippen molar-refractivity contribution in [2.45, 2.75) is 11.8 Å². The Morgan fingerprint density at radius 3 is 2.47 bits per heavy atom. The first-order chi connectivity index (χ1) is 8.86. The zero-order chi connectivity index (χ0) is 14.6. The first-order valence-electron chi connectivity index (χ1n) is 5.35. The fourth-order valence-electron chi connectivity index (χ4n) is 1.72. The van der Waals surface area contributed by atoms with Gasteiger partial charge in [0.15, 0.2) is 5.84 Å². The molecule has 0 aliphatic carbocycles. The highest BCUT2D eigenvalue weighted by Crippen LogP contribution is 2.25. The standard InChI is InChI=1S/C12H16N4O2S/c1-3-8(4-2)9-6-5-7-10(19(15,17)18)11(9)12(13)16-14/h3-7H,1,14H2,2H3,(H2,13,16)(H2,15,17,18). The molecule has 0 amide bonds. The van der Waals surface area contributed by atoms with Crippen molar-refractivity contribution in [3.63, 3.8) is 0 Å². The second-order valence-electron chi connectivity index (χ2n) is 3.69. The highest BCUT2D eigenvalue weighted by atomic mass is 32.2. The zero-order valence-corrected chi connectivity index (χ0v) is 11.3.